The van der Waals surface area contributed by atoms with Crippen molar-refractivity contribution in [2.75, 3.05) is 20.8 Å². The van der Waals surface area contributed by atoms with E-state index in [0.717, 1.165) is 0 Å². The van der Waals surface area contributed by atoms with Crippen molar-refractivity contribution >= 4 is 23.5 Å². The third kappa shape index (κ3) is 5.74. The van der Waals surface area contributed by atoms with E-state index in [2.05, 4.69) is 10.4 Å². The van der Waals surface area contributed by atoms with Crippen LogP contribution in [0.15, 0.2) is 53.3 Å². The normalized spacial score (nSPS) is 11.4. The minimum atomic E-state index is -1.01. The fraction of sp³-hybridized carbons (Fsp3) is 0.250. The number of aromatic nitrogens is 2. The summed E-state index contributed by atoms with van der Waals surface area (Å²) < 4.78 is 17.0. The van der Waals surface area contributed by atoms with Gasteiger partial charge in [-0.25, -0.2) is 9.48 Å². The highest BCUT2D eigenvalue weighted by Gasteiger charge is 2.20. The van der Waals surface area contributed by atoms with Crippen LogP contribution >= 0.6 is 11.6 Å². The minimum absolute atomic E-state index is 0.434. The maximum atomic E-state index is 12.5. The van der Waals surface area contributed by atoms with Gasteiger partial charge in [0.15, 0.2) is 6.61 Å². The predicted molar refractivity (Wildman–Crippen MR) is 126 cm³/mol. The SMILES string of the molecule is COc1ccc(OC)c(C(C)NC(=O)COC(=O)c2nn(-c3ccc(Cl)cc3)c(C)cc2=O)c1. The lowest BCUT2D eigenvalue weighted by Crippen LogP contribution is -2.32. The summed E-state index contributed by atoms with van der Waals surface area (Å²) in [6, 6.07) is 12.7. The summed E-state index contributed by atoms with van der Waals surface area (Å²) in [5.41, 5.74) is 0.767. The summed E-state index contributed by atoms with van der Waals surface area (Å²) in [5.74, 6) is -0.395. The summed E-state index contributed by atoms with van der Waals surface area (Å²) in [4.78, 5) is 37.3. The van der Waals surface area contributed by atoms with Gasteiger partial charge in [0.25, 0.3) is 5.91 Å². The van der Waals surface area contributed by atoms with Crippen LogP contribution in [0.1, 0.15) is 34.7 Å². The van der Waals surface area contributed by atoms with Crippen molar-refractivity contribution in [3.63, 3.8) is 0 Å². The summed E-state index contributed by atoms with van der Waals surface area (Å²) in [6.45, 7) is 2.84. The second-order valence-corrected chi connectivity index (χ2v) is 7.80. The van der Waals surface area contributed by atoms with E-state index in [1.54, 1.807) is 56.3 Å². The number of esters is 1. The zero-order valence-corrected chi connectivity index (χ0v) is 19.9. The van der Waals surface area contributed by atoms with Gasteiger partial charge in [0.1, 0.15) is 11.5 Å². The molecule has 2 aromatic carbocycles. The van der Waals surface area contributed by atoms with E-state index in [1.807, 2.05) is 0 Å². The van der Waals surface area contributed by atoms with E-state index in [-0.39, 0.29) is 0 Å². The third-order valence-corrected chi connectivity index (χ3v) is 5.24. The molecule has 1 N–H and O–H groups in total. The Morgan fingerprint density at radius 3 is 2.44 bits per heavy atom. The second kappa shape index (κ2) is 10.8. The van der Waals surface area contributed by atoms with Crippen LogP contribution in [0, 0.1) is 6.92 Å². The van der Waals surface area contributed by atoms with Gasteiger partial charge in [-0.05, 0) is 56.3 Å². The molecular weight excluding hydrogens is 462 g/mol. The van der Waals surface area contributed by atoms with Gasteiger partial charge < -0.3 is 19.5 Å². The zero-order valence-electron chi connectivity index (χ0n) is 19.1. The average Bonchev–Trinajstić information content (AvgIpc) is 2.82. The molecule has 3 aromatic rings. The molecule has 34 heavy (non-hydrogen) atoms. The zero-order chi connectivity index (χ0) is 24.8. The fourth-order valence-corrected chi connectivity index (χ4v) is 3.40. The minimum Gasteiger partial charge on any atom is -0.497 e. The van der Waals surface area contributed by atoms with E-state index < -0.39 is 35.6 Å². The fourth-order valence-electron chi connectivity index (χ4n) is 3.27. The lowest BCUT2D eigenvalue weighted by Gasteiger charge is -2.18. The molecule has 0 aliphatic rings. The number of carbonyl (C=O) groups excluding carboxylic acids is 2. The summed E-state index contributed by atoms with van der Waals surface area (Å²) >= 11 is 5.92. The predicted octanol–water partition coefficient (Wildman–Crippen LogP) is 3.25. The molecule has 3 rings (SSSR count). The van der Waals surface area contributed by atoms with Crippen molar-refractivity contribution in [3.05, 3.63) is 80.7 Å². The Labute approximate surface area is 201 Å². The first-order valence-electron chi connectivity index (χ1n) is 10.3. The highest BCUT2D eigenvalue weighted by atomic mass is 35.5. The molecule has 9 nitrogen and oxygen atoms in total. The Kier molecular flexibility index (Phi) is 7.91. The molecule has 0 fully saturated rings. The van der Waals surface area contributed by atoms with Gasteiger partial charge in [0.2, 0.25) is 11.1 Å². The first-order valence-corrected chi connectivity index (χ1v) is 10.7. The molecule has 0 bridgehead atoms. The lowest BCUT2D eigenvalue weighted by atomic mass is 10.1. The summed E-state index contributed by atoms with van der Waals surface area (Å²) in [7, 11) is 3.06. The van der Waals surface area contributed by atoms with E-state index >= 15 is 0 Å². The molecule has 1 heterocycles. The van der Waals surface area contributed by atoms with Gasteiger partial charge in [-0.3, -0.25) is 9.59 Å². The number of carbonyl (C=O) groups is 2. The summed E-state index contributed by atoms with van der Waals surface area (Å²) in [5, 5.41) is 7.39. The van der Waals surface area contributed by atoms with E-state index in [0.29, 0.717) is 33.5 Å². The number of nitrogens with one attached hydrogen (secondary N) is 1. The van der Waals surface area contributed by atoms with Gasteiger partial charge in [0, 0.05) is 22.3 Å². The largest absolute Gasteiger partial charge is 0.497 e. The molecule has 10 heteroatoms. The first-order chi connectivity index (χ1) is 16.2. The molecule has 0 aliphatic heterocycles. The number of hydrogen-bond acceptors (Lipinski definition) is 7. The van der Waals surface area contributed by atoms with Gasteiger partial charge in [0.05, 0.1) is 25.9 Å². The first kappa shape index (κ1) is 24.8. The van der Waals surface area contributed by atoms with Crippen LogP contribution in [-0.2, 0) is 9.53 Å². The Hall–Kier alpha value is -3.85. The van der Waals surface area contributed by atoms with E-state index in [1.165, 1.54) is 25.0 Å². The Balaban J connectivity index is 1.70. The van der Waals surface area contributed by atoms with Gasteiger partial charge >= 0.3 is 5.97 Å². The summed E-state index contributed by atoms with van der Waals surface area (Å²) in [6.07, 6.45) is 0. The van der Waals surface area contributed by atoms with Crippen LogP contribution in [0.5, 0.6) is 11.5 Å². The number of methoxy groups -OCH3 is 2. The molecule has 0 aliphatic carbocycles. The van der Waals surface area contributed by atoms with Gasteiger partial charge in [-0.2, -0.15) is 5.10 Å². The Morgan fingerprint density at radius 2 is 1.79 bits per heavy atom. The maximum Gasteiger partial charge on any atom is 0.363 e. The third-order valence-electron chi connectivity index (χ3n) is 4.99. The van der Waals surface area contributed by atoms with Crippen molar-refractivity contribution in [1.82, 2.24) is 15.1 Å². The topological polar surface area (TPSA) is 109 Å². The van der Waals surface area contributed by atoms with Gasteiger partial charge in [-0.15, -0.1) is 0 Å². The molecule has 0 saturated heterocycles. The highest BCUT2D eigenvalue weighted by molar-refractivity contribution is 6.30. The number of hydrogen-bond donors (Lipinski definition) is 1. The maximum absolute atomic E-state index is 12.5. The van der Waals surface area contributed by atoms with Crippen molar-refractivity contribution in [3.8, 4) is 17.2 Å². The van der Waals surface area contributed by atoms with Crippen LogP contribution in [0.4, 0.5) is 0 Å². The van der Waals surface area contributed by atoms with Crippen LogP contribution in [-0.4, -0.2) is 42.5 Å². The van der Waals surface area contributed by atoms with E-state index in [9.17, 15) is 14.4 Å². The van der Waals surface area contributed by atoms with Crippen molar-refractivity contribution < 1.29 is 23.8 Å². The number of halogens is 1. The van der Waals surface area contributed by atoms with Crippen LogP contribution < -0.4 is 20.2 Å². The molecule has 0 saturated carbocycles. The van der Waals surface area contributed by atoms with Crippen molar-refractivity contribution in [1.29, 1.82) is 0 Å². The molecule has 0 radical (unpaired) electrons. The van der Waals surface area contributed by atoms with Crippen LogP contribution in [0.3, 0.4) is 0 Å². The standard InChI is InChI=1S/C24H24ClN3O6/c1-14-11-20(29)23(27-28(14)17-7-5-16(25)6-8-17)24(31)34-13-22(30)26-15(2)19-12-18(32-3)9-10-21(19)33-4/h5-12,15H,13H2,1-4H3,(H,26,30). The second-order valence-electron chi connectivity index (χ2n) is 7.36. The van der Waals surface area contributed by atoms with E-state index in [4.69, 9.17) is 25.8 Å². The molecule has 178 valence electrons. The number of ether oxygens (including phenoxy) is 3. The number of amides is 1. The molecule has 0 spiro atoms. The monoisotopic (exact) mass is 485 g/mol. The van der Waals surface area contributed by atoms with Crippen molar-refractivity contribution in [2.24, 2.45) is 0 Å². The van der Waals surface area contributed by atoms with Crippen LogP contribution in [0.25, 0.3) is 5.69 Å². The van der Waals surface area contributed by atoms with Crippen LogP contribution in [0.2, 0.25) is 5.02 Å². The number of nitrogens with zero attached hydrogens (tertiary/aromatic N) is 2. The quantitative estimate of drug-likeness (QED) is 0.488. The molecular formula is C24H24ClN3O6. The Bertz CT molecular complexity index is 1260. The number of aryl methyl sites for hydroxylation is 1. The number of benzene rings is 2. The number of rotatable bonds is 8. The molecule has 1 unspecified atom stereocenters. The molecule has 1 atom stereocenters. The Morgan fingerprint density at radius 1 is 1.09 bits per heavy atom. The smallest absolute Gasteiger partial charge is 0.363 e. The molecule has 1 aromatic heterocycles. The lowest BCUT2D eigenvalue weighted by molar-refractivity contribution is -0.124. The molecule has 1 amide bonds. The van der Waals surface area contributed by atoms with Gasteiger partial charge in [-0.1, -0.05) is 11.6 Å². The highest BCUT2D eigenvalue weighted by Crippen LogP contribution is 2.29. The van der Waals surface area contributed by atoms with Crippen molar-refractivity contribution in [2.45, 2.75) is 19.9 Å². The average molecular weight is 486 g/mol.